The van der Waals surface area contributed by atoms with Gasteiger partial charge in [0.25, 0.3) is 0 Å². The summed E-state index contributed by atoms with van der Waals surface area (Å²) in [6.45, 7) is 7.86. The zero-order valence-corrected chi connectivity index (χ0v) is 18.6. The van der Waals surface area contributed by atoms with Crippen molar-refractivity contribution in [1.82, 2.24) is 14.8 Å². The number of nitrogens with zero attached hydrogens (tertiary/aromatic N) is 4. The van der Waals surface area contributed by atoms with Gasteiger partial charge in [-0.2, -0.15) is 7.05 Å². The first kappa shape index (κ1) is 27.8. The molecule has 0 amide bonds. The van der Waals surface area contributed by atoms with Crippen molar-refractivity contribution in [1.29, 1.82) is 0 Å². The first-order chi connectivity index (χ1) is 11.9. The molecule has 3 unspecified atom stereocenters. The van der Waals surface area contributed by atoms with Crippen LogP contribution in [-0.4, -0.2) is 90.6 Å². The van der Waals surface area contributed by atoms with Crippen LogP contribution in [-0.2, 0) is 19.5 Å². The molecule has 1 aromatic heterocycles. The van der Waals surface area contributed by atoms with Crippen LogP contribution in [0.1, 0.15) is 26.7 Å². The Morgan fingerprint density at radius 1 is 1.19 bits per heavy atom. The number of likely N-dealkylation sites (tertiary alicyclic amines) is 1. The number of hydrogen-bond donors (Lipinski definition) is 2. The maximum atomic E-state index is 8.56. The van der Waals surface area contributed by atoms with Crippen LogP contribution >= 0.6 is 0 Å². The molecule has 151 valence electrons. The van der Waals surface area contributed by atoms with E-state index in [1.54, 1.807) is 26.2 Å². The van der Waals surface area contributed by atoms with Crippen LogP contribution in [0.2, 0.25) is 0 Å². The van der Waals surface area contributed by atoms with E-state index in [2.05, 4.69) is 34.2 Å². The number of likely N-dealkylation sites (N-methyl/N-ethyl adjacent to an activating group) is 3. The molecule has 1 saturated heterocycles. The molecule has 0 aromatic carbocycles. The van der Waals surface area contributed by atoms with Gasteiger partial charge in [0.1, 0.15) is 0 Å². The molecule has 0 aliphatic carbocycles. The Hall–Kier alpha value is -0.427. The molecule has 0 saturated carbocycles. The van der Waals surface area contributed by atoms with Crippen molar-refractivity contribution in [2.45, 2.75) is 44.9 Å². The van der Waals surface area contributed by atoms with Gasteiger partial charge in [-0.3, -0.25) is 4.98 Å². The van der Waals surface area contributed by atoms with Crippen LogP contribution in [0.15, 0.2) is 30.6 Å². The second-order valence-corrected chi connectivity index (χ2v) is 6.68. The minimum atomic E-state index is -0.375. The Bertz CT molecular complexity index is 364. The summed E-state index contributed by atoms with van der Waals surface area (Å²) in [5.74, 6) is 0. The Kier molecular flexibility index (Phi) is 19.2. The van der Waals surface area contributed by atoms with E-state index in [4.69, 9.17) is 10.2 Å². The first-order valence-corrected chi connectivity index (χ1v) is 9.02. The summed E-state index contributed by atoms with van der Waals surface area (Å²) in [5.41, 5.74) is 0. The summed E-state index contributed by atoms with van der Waals surface area (Å²) in [5, 5.41) is 21.2. The maximum absolute atomic E-state index is 8.56. The van der Waals surface area contributed by atoms with Gasteiger partial charge < -0.3 is 25.3 Å². The van der Waals surface area contributed by atoms with Crippen molar-refractivity contribution in [3.8, 4) is 0 Å². The Morgan fingerprint density at radius 3 is 2.00 bits per heavy atom. The predicted molar refractivity (Wildman–Crippen MR) is 105 cm³/mol. The van der Waals surface area contributed by atoms with Crippen molar-refractivity contribution >= 4 is 0 Å². The van der Waals surface area contributed by atoms with Gasteiger partial charge in [0.2, 0.25) is 0 Å². The Morgan fingerprint density at radius 2 is 1.77 bits per heavy atom. The number of aromatic nitrogens is 1. The molecule has 6 nitrogen and oxygen atoms in total. The van der Waals surface area contributed by atoms with Gasteiger partial charge in [0.15, 0.2) is 0 Å². The predicted octanol–water partition coefficient (Wildman–Crippen LogP) is 1.84. The second kappa shape index (κ2) is 18.0. The molecule has 2 N–H and O–H groups in total. The SMILES string of the molecule is CC(O)CC(C)O.C[N-]CCN(C)CC1CCN1C.[Ru+3].c1ccncc1. The molecule has 2 heterocycles. The smallest absolute Gasteiger partial charge is 0.664 e. The average molecular weight is 455 g/mol. The van der Waals surface area contributed by atoms with E-state index in [-0.39, 0.29) is 31.7 Å². The fraction of sp³-hybridized carbons (Fsp3) is 0.737. The molecule has 3 atom stereocenters. The third kappa shape index (κ3) is 17.0. The third-order valence-corrected chi connectivity index (χ3v) is 3.91. The molecule has 1 aliphatic heterocycles. The summed E-state index contributed by atoms with van der Waals surface area (Å²) in [6.07, 6.45) is 4.59. The van der Waals surface area contributed by atoms with Crippen LogP contribution < -0.4 is 0 Å². The molecular weight excluding hydrogens is 417 g/mol. The average Bonchev–Trinajstić information content (AvgIpc) is 2.58. The van der Waals surface area contributed by atoms with E-state index < -0.39 is 0 Å². The van der Waals surface area contributed by atoms with Crippen molar-refractivity contribution in [2.75, 3.05) is 47.3 Å². The minimum absolute atomic E-state index is 0. The van der Waals surface area contributed by atoms with Crippen LogP contribution in [0.5, 0.6) is 0 Å². The van der Waals surface area contributed by atoms with Gasteiger partial charge in [-0.05, 0) is 66.0 Å². The molecule has 0 spiro atoms. The van der Waals surface area contributed by atoms with E-state index in [1.165, 1.54) is 19.5 Å². The van der Waals surface area contributed by atoms with E-state index >= 15 is 0 Å². The summed E-state index contributed by atoms with van der Waals surface area (Å²) in [6, 6.07) is 6.51. The minimum Gasteiger partial charge on any atom is -0.664 e. The largest absolute Gasteiger partial charge is 3.00 e. The molecule has 7 heteroatoms. The number of pyridine rings is 1. The molecule has 26 heavy (non-hydrogen) atoms. The number of rotatable bonds is 7. The van der Waals surface area contributed by atoms with Gasteiger partial charge in [0, 0.05) is 25.0 Å². The standard InChI is InChI=1S/C9H20N3.C5H5N.C5H12O2.Ru/c1-10-5-7-11(2)8-9-4-6-12(9)3;1-2-4-6-5-3-1;1-4(6)3-5(2)7;/h9H,4-8H2,1-3H3;1-5H;4-7H,3H2,1-2H3;/q-1;;;+3. The molecule has 0 bridgehead atoms. The fourth-order valence-electron chi connectivity index (χ4n) is 2.33. The van der Waals surface area contributed by atoms with Crippen molar-refractivity contribution < 1.29 is 29.7 Å². The molecule has 1 aliphatic rings. The zero-order valence-electron chi connectivity index (χ0n) is 16.9. The maximum Gasteiger partial charge on any atom is 3.00 e. The van der Waals surface area contributed by atoms with E-state index in [0.29, 0.717) is 6.42 Å². The van der Waals surface area contributed by atoms with Crippen LogP contribution in [0.4, 0.5) is 0 Å². The fourth-order valence-corrected chi connectivity index (χ4v) is 2.33. The molecule has 1 radical (unpaired) electrons. The third-order valence-electron chi connectivity index (χ3n) is 3.91. The van der Waals surface area contributed by atoms with Gasteiger partial charge in [0.05, 0.1) is 12.2 Å². The van der Waals surface area contributed by atoms with Gasteiger partial charge in [-0.25, -0.2) is 0 Å². The molecule has 1 fully saturated rings. The summed E-state index contributed by atoms with van der Waals surface area (Å²) >= 11 is 0. The Balaban J connectivity index is 0. The van der Waals surface area contributed by atoms with Crippen LogP contribution in [0.25, 0.3) is 5.32 Å². The quantitative estimate of drug-likeness (QED) is 0.615. The first-order valence-electron chi connectivity index (χ1n) is 9.02. The number of aliphatic hydroxyl groups excluding tert-OH is 2. The van der Waals surface area contributed by atoms with E-state index in [9.17, 15) is 0 Å². The van der Waals surface area contributed by atoms with Gasteiger partial charge in [-0.1, -0.05) is 6.07 Å². The monoisotopic (exact) mass is 455 g/mol. The normalized spacial score (nSPS) is 18.2. The van der Waals surface area contributed by atoms with E-state index in [1.807, 2.05) is 25.2 Å². The summed E-state index contributed by atoms with van der Waals surface area (Å²) in [7, 11) is 6.26. The molecule has 2 rings (SSSR count). The van der Waals surface area contributed by atoms with Crippen molar-refractivity contribution in [3.63, 3.8) is 0 Å². The molecular formula is C19H37N4O2Ru+2. The molecule has 1 aromatic rings. The second-order valence-electron chi connectivity index (χ2n) is 6.68. The van der Waals surface area contributed by atoms with Crippen LogP contribution in [0.3, 0.4) is 0 Å². The van der Waals surface area contributed by atoms with Crippen molar-refractivity contribution in [3.05, 3.63) is 35.9 Å². The summed E-state index contributed by atoms with van der Waals surface area (Å²) in [4.78, 5) is 8.57. The number of hydrogen-bond acceptors (Lipinski definition) is 5. The Labute approximate surface area is 172 Å². The van der Waals surface area contributed by atoms with Crippen molar-refractivity contribution in [2.24, 2.45) is 0 Å². The zero-order chi connectivity index (χ0) is 19.1. The van der Waals surface area contributed by atoms with Crippen LogP contribution in [0, 0.1) is 0 Å². The number of aliphatic hydroxyl groups is 2. The topological polar surface area (TPSA) is 73.9 Å². The van der Waals surface area contributed by atoms with Gasteiger partial charge in [-0.15, -0.1) is 6.54 Å². The summed E-state index contributed by atoms with van der Waals surface area (Å²) < 4.78 is 0. The van der Waals surface area contributed by atoms with Gasteiger partial charge >= 0.3 is 19.5 Å². The van der Waals surface area contributed by atoms with E-state index in [0.717, 1.165) is 19.1 Å².